The molecule has 122 valence electrons. The minimum Gasteiger partial charge on any atom is -0.356 e. The van der Waals surface area contributed by atoms with Crippen molar-refractivity contribution < 1.29 is 31.5 Å². The summed E-state index contributed by atoms with van der Waals surface area (Å²) in [6.07, 6.45) is -0.950. The van der Waals surface area contributed by atoms with Crippen molar-refractivity contribution in [3.63, 3.8) is 0 Å². The summed E-state index contributed by atoms with van der Waals surface area (Å²) in [7, 11) is 0. The summed E-state index contributed by atoms with van der Waals surface area (Å²) in [4.78, 5) is 22.7. The standard InChI is InChI=1S/C14H14F5NO2/c1-2-20-9(22)5-3-4-7(21)6-8-10(15)12(17)14(19)13(18)11(8)16/h2-6H2,1H3,(H,20,22). The van der Waals surface area contributed by atoms with Crippen LogP contribution in [-0.2, 0) is 16.0 Å². The van der Waals surface area contributed by atoms with Gasteiger partial charge in [-0.25, -0.2) is 22.0 Å². The molecule has 0 saturated carbocycles. The van der Waals surface area contributed by atoms with Crippen LogP contribution in [0.25, 0.3) is 0 Å². The normalized spacial score (nSPS) is 10.6. The Kier molecular flexibility index (Phi) is 6.45. The molecule has 0 unspecified atom stereocenters. The average Bonchev–Trinajstić information content (AvgIpc) is 2.48. The molecule has 1 aromatic carbocycles. The highest BCUT2D eigenvalue weighted by atomic mass is 19.2. The fourth-order valence-corrected chi connectivity index (χ4v) is 1.82. The Hall–Kier alpha value is -1.99. The highest BCUT2D eigenvalue weighted by Gasteiger charge is 2.26. The van der Waals surface area contributed by atoms with Gasteiger partial charge < -0.3 is 5.32 Å². The van der Waals surface area contributed by atoms with E-state index in [9.17, 15) is 31.5 Å². The molecule has 0 aromatic heterocycles. The molecule has 3 nitrogen and oxygen atoms in total. The largest absolute Gasteiger partial charge is 0.356 e. The van der Waals surface area contributed by atoms with Crippen LogP contribution in [0.3, 0.4) is 0 Å². The summed E-state index contributed by atoms with van der Waals surface area (Å²) < 4.78 is 65.5. The molecule has 1 N–H and O–H groups in total. The zero-order valence-electron chi connectivity index (χ0n) is 11.7. The Morgan fingerprint density at radius 3 is 1.86 bits per heavy atom. The van der Waals surface area contributed by atoms with Crippen molar-refractivity contribution in [1.82, 2.24) is 5.32 Å². The van der Waals surface area contributed by atoms with E-state index >= 15 is 0 Å². The van der Waals surface area contributed by atoms with Crippen LogP contribution < -0.4 is 5.32 Å². The lowest BCUT2D eigenvalue weighted by Gasteiger charge is -2.07. The summed E-state index contributed by atoms with van der Waals surface area (Å²) in [5.74, 6) is -11.4. The molecule has 0 spiro atoms. The van der Waals surface area contributed by atoms with E-state index in [4.69, 9.17) is 0 Å². The first-order valence-corrected chi connectivity index (χ1v) is 6.58. The van der Waals surface area contributed by atoms with Crippen LogP contribution in [-0.4, -0.2) is 18.2 Å². The van der Waals surface area contributed by atoms with Crippen LogP contribution in [0.4, 0.5) is 22.0 Å². The first kappa shape index (κ1) is 18.1. The van der Waals surface area contributed by atoms with Gasteiger partial charge in [-0.15, -0.1) is 0 Å². The van der Waals surface area contributed by atoms with E-state index in [0.717, 1.165) is 0 Å². The molecule has 1 rings (SSSR count). The van der Waals surface area contributed by atoms with E-state index < -0.39 is 46.9 Å². The highest BCUT2D eigenvalue weighted by molar-refractivity contribution is 5.82. The number of Topliss-reactive ketones (excluding diaryl/α,β-unsaturated/α-hetero) is 1. The first-order valence-electron chi connectivity index (χ1n) is 6.58. The summed E-state index contributed by atoms with van der Waals surface area (Å²) in [6, 6.07) is 0. The third-order valence-electron chi connectivity index (χ3n) is 2.91. The number of hydrogen-bond acceptors (Lipinski definition) is 2. The van der Waals surface area contributed by atoms with Crippen LogP contribution in [0.2, 0.25) is 0 Å². The molecule has 1 aromatic rings. The zero-order valence-corrected chi connectivity index (χ0v) is 11.7. The second kappa shape index (κ2) is 7.86. The number of amides is 1. The van der Waals surface area contributed by atoms with E-state index in [1.165, 1.54) is 0 Å². The minimum absolute atomic E-state index is 0.0384. The molecule has 0 aliphatic rings. The maximum Gasteiger partial charge on any atom is 0.219 e. The second-order valence-corrected chi connectivity index (χ2v) is 4.57. The van der Waals surface area contributed by atoms with Crippen LogP contribution >= 0.6 is 0 Å². The predicted molar refractivity (Wildman–Crippen MR) is 67.5 cm³/mol. The summed E-state index contributed by atoms with van der Waals surface area (Å²) in [6.45, 7) is 2.14. The number of carbonyl (C=O) groups excluding carboxylic acids is 2. The Bertz CT molecular complexity index is 560. The van der Waals surface area contributed by atoms with Gasteiger partial charge in [0.15, 0.2) is 23.3 Å². The molecule has 0 aliphatic carbocycles. The molecule has 0 heterocycles. The van der Waals surface area contributed by atoms with E-state index in [1.807, 2.05) is 0 Å². The number of carbonyl (C=O) groups is 2. The number of rotatable bonds is 7. The SMILES string of the molecule is CCNC(=O)CCCC(=O)Cc1c(F)c(F)c(F)c(F)c1F. The van der Waals surface area contributed by atoms with Crippen LogP contribution in [0.1, 0.15) is 31.7 Å². The van der Waals surface area contributed by atoms with Gasteiger partial charge in [0.1, 0.15) is 5.78 Å². The minimum atomic E-state index is -2.26. The summed E-state index contributed by atoms with van der Waals surface area (Å²) in [5, 5.41) is 2.50. The monoisotopic (exact) mass is 323 g/mol. The molecule has 0 fully saturated rings. The van der Waals surface area contributed by atoms with Crippen molar-refractivity contribution in [2.45, 2.75) is 32.6 Å². The molecule has 8 heteroatoms. The van der Waals surface area contributed by atoms with Gasteiger partial charge in [0, 0.05) is 31.4 Å². The third-order valence-corrected chi connectivity index (χ3v) is 2.91. The quantitative estimate of drug-likeness (QED) is 0.476. The maximum atomic E-state index is 13.4. The van der Waals surface area contributed by atoms with Crippen molar-refractivity contribution in [3.8, 4) is 0 Å². The number of benzene rings is 1. The predicted octanol–water partition coefficient (Wildman–Crippen LogP) is 2.80. The Balaban J connectivity index is 2.71. The molecule has 1 amide bonds. The first-order chi connectivity index (χ1) is 10.3. The van der Waals surface area contributed by atoms with Crippen molar-refractivity contribution >= 4 is 11.7 Å². The van der Waals surface area contributed by atoms with Crippen molar-refractivity contribution in [2.24, 2.45) is 0 Å². The molecule has 0 atom stereocenters. The second-order valence-electron chi connectivity index (χ2n) is 4.57. The highest BCUT2D eigenvalue weighted by Crippen LogP contribution is 2.23. The third kappa shape index (κ3) is 4.25. The van der Waals surface area contributed by atoms with Gasteiger partial charge in [-0.2, -0.15) is 0 Å². The van der Waals surface area contributed by atoms with Gasteiger partial charge in [-0.05, 0) is 13.3 Å². The Labute approximate surface area is 123 Å². The number of hydrogen-bond donors (Lipinski definition) is 1. The maximum absolute atomic E-state index is 13.4. The fourth-order valence-electron chi connectivity index (χ4n) is 1.82. The summed E-state index contributed by atoms with van der Waals surface area (Å²) in [5.41, 5.74) is -1.15. The lowest BCUT2D eigenvalue weighted by Crippen LogP contribution is -2.22. The fraction of sp³-hybridized carbons (Fsp3) is 0.429. The van der Waals surface area contributed by atoms with E-state index in [0.29, 0.717) is 6.54 Å². The topological polar surface area (TPSA) is 46.2 Å². The van der Waals surface area contributed by atoms with Crippen molar-refractivity contribution in [3.05, 3.63) is 34.6 Å². The van der Waals surface area contributed by atoms with Gasteiger partial charge in [0.2, 0.25) is 11.7 Å². The van der Waals surface area contributed by atoms with Gasteiger partial charge >= 0.3 is 0 Å². The Morgan fingerprint density at radius 2 is 1.36 bits per heavy atom. The van der Waals surface area contributed by atoms with Crippen LogP contribution in [0.5, 0.6) is 0 Å². The van der Waals surface area contributed by atoms with Gasteiger partial charge in [-0.3, -0.25) is 9.59 Å². The molecule has 0 aliphatic heterocycles. The van der Waals surface area contributed by atoms with Crippen LogP contribution in [0.15, 0.2) is 0 Å². The van der Waals surface area contributed by atoms with Crippen molar-refractivity contribution in [1.29, 1.82) is 0 Å². The number of nitrogens with one attached hydrogen (secondary N) is 1. The lowest BCUT2D eigenvalue weighted by molar-refractivity contribution is -0.121. The molecular formula is C14H14F5NO2. The van der Waals surface area contributed by atoms with Crippen LogP contribution in [0, 0.1) is 29.1 Å². The molecule has 0 radical (unpaired) electrons. The lowest BCUT2D eigenvalue weighted by atomic mass is 10.0. The molecular weight excluding hydrogens is 309 g/mol. The smallest absolute Gasteiger partial charge is 0.219 e. The summed E-state index contributed by atoms with van der Waals surface area (Å²) >= 11 is 0. The number of halogens is 5. The van der Waals surface area contributed by atoms with E-state index in [2.05, 4.69) is 5.32 Å². The van der Waals surface area contributed by atoms with Crippen molar-refractivity contribution in [2.75, 3.05) is 6.54 Å². The zero-order chi connectivity index (χ0) is 16.9. The molecule has 22 heavy (non-hydrogen) atoms. The molecule has 0 saturated heterocycles. The van der Waals surface area contributed by atoms with Gasteiger partial charge in [0.05, 0.1) is 0 Å². The van der Waals surface area contributed by atoms with E-state index in [1.54, 1.807) is 6.92 Å². The van der Waals surface area contributed by atoms with Gasteiger partial charge in [-0.1, -0.05) is 0 Å². The van der Waals surface area contributed by atoms with Gasteiger partial charge in [0.25, 0.3) is 0 Å². The average molecular weight is 323 g/mol. The number of ketones is 1. The molecule has 0 bridgehead atoms. The van der Waals surface area contributed by atoms with E-state index in [-0.39, 0.29) is 25.2 Å². The Morgan fingerprint density at radius 1 is 0.864 bits per heavy atom.